The van der Waals surface area contributed by atoms with Crippen LogP contribution in [0.5, 0.6) is 0 Å². The molecule has 0 heteroatoms. The average molecular weight is 351 g/mol. The van der Waals surface area contributed by atoms with Crippen LogP contribution < -0.4 is 0 Å². The first-order valence-electron chi connectivity index (χ1n) is 11.5. The van der Waals surface area contributed by atoms with Crippen LogP contribution in [0.4, 0.5) is 0 Å². The quantitative estimate of drug-likeness (QED) is 0.494. The Hall–Kier alpha value is -1.04. The summed E-state index contributed by atoms with van der Waals surface area (Å²) in [6.45, 7) is 6.19. The lowest BCUT2D eigenvalue weighted by molar-refractivity contribution is 0.0699. The van der Waals surface area contributed by atoms with E-state index >= 15 is 0 Å². The number of benzene rings is 1. The minimum Gasteiger partial charge on any atom is -0.103 e. The molecule has 1 aromatic rings. The Morgan fingerprint density at radius 1 is 0.923 bits per heavy atom. The van der Waals surface area contributed by atoms with Gasteiger partial charge < -0.3 is 0 Å². The van der Waals surface area contributed by atoms with Gasteiger partial charge in [0.25, 0.3) is 0 Å². The number of hydrogen-bond acceptors (Lipinski definition) is 0. The van der Waals surface area contributed by atoms with Crippen molar-refractivity contribution < 1.29 is 0 Å². The molecule has 0 spiro atoms. The molecule has 4 rings (SSSR count). The van der Waals surface area contributed by atoms with Gasteiger partial charge in [-0.15, -0.1) is 6.58 Å². The summed E-state index contributed by atoms with van der Waals surface area (Å²) in [7, 11) is 0. The number of hydrogen-bond donors (Lipinski definition) is 0. The highest BCUT2D eigenvalue weighted by atomic mass is 14.4. The predicted molar refractivity (Wildman–Crippen MR) is 112 cm³/mol. The normalized spacial score (nSPS) is 34.0. The molecule has 2 fully saturated rings. The summed E-state index contributed by atoms with van der Waals surface area (Å²) in [6.07, 6.45) is 19.2. The SMILES string of the molecule is C=CCCC1CCC2CC(C3CCc4cc(CC)ccc4C3)CCC2C1. The summed E-state index contributed by atoms with van der Waals surface area (Å²) in [5, 5.41) is 0. The van der Waals surface area contributed by atoms with Crippen molar-refractivity contribution in [2.24, 2.45) is 29.6 Å². The molecule has 3 aliphatic carbocycles. The molecular weight excluding hydrogens is 312 g/mol. The van der Waals surface area contributed by atoms with Crippen molar-refractivity contribution in [3.63, 3.8) is 0 Å². The van der Waals surface area contributed by atoms with Crippen molar-refractivity contribution in [2.45, 2.75) is 84.0 Å². The van der Waals surface area contributed by atoms with Gasteiger partial charge in [0.15, 0.2) is 0 Å². The van der Waals surface area contributed by atoms with E-state index in [-0.39, 0.29) is 0 Å². The number of aryl methyl sites for hydroxylation is 2. The Morgan fingerprint density at radius 2 is 1.69 bits per heavy atom. The third-order valence-electron chi connectivity index (χ3n) is 8.15. The van der Waals surface area contributed by atoms with Gasteiger partial charge in [0.05, 0.1) is 0 Å². The number of fused-ring (bicyclic) bond motifs is 2. The van der Waals surface area contributed by atoms with Gasteiger partial charge in [-0.25, -0.2) is 0 Å². The standard InChI is InChI=1S/C26H38/c1-3-5-6-20-8-10-24-18-26(14-12-22(24)16-20)25-13-11-21-15-19(4-2)7-9-23(21)17-25/h3,7,9,15,20,22,24-26H,1,4-6,8,10-14,16-18H2,2H3. The third kappa shape index (κ3) is 3.95. The summed E-state index contributed by atoms with van der Waals surface area (Å²) < 4.78 is 0. The van der Waals surface area contributed by atoms with Crippen molar-refractivity contribution in [1.29, 1.82) is 0 Å². The predicted octanol–water partition coefficient (Wildman–Crippen LogP) is 7.15. The maximum Gasteiger partial charge on any atom is -0.0245 e. The average Bonchev–Trinajstić information content (AvgIpc) is 2.70. The second kappa shape index (κ2) is 8.32. The molecule has 26 heavy (non-hydrogen) atoms. The van der Waals surface area contributed by atoms with Gasteiger partial charge in [-0.2, -0.15) is 0 Å². The lowest BCUT2D eigenvalue weighted by atomic mass is 9.61. The Kier molecular flexibility index (Phi) is 5.87. The first-order valence-corrected chi connectivity index (χ1v) is 11.5. The van der Waals surface area contributed by atoms with Crippen LogP contribution >= 0.6 is 0 Å². The van der Waals surface area contributed by atoms with E-state index in [1.54, 1.807) is 17.5 Å². The van der Waals surface area contributed by atoms with E-state index in [0.717, 1.165) is 29.6 Å². The van der Waals surface area contributed by atoms with Crippen LogP contribution in [0.1, 0.15) is 81.4 Å². The van der Waals surface area contributed by atoms with Crippen molar-refractivity contribution in [1.82, 2.24) is 0 Å². The molecule has 2 saturated carbocycles. The van der Waals surface area contributed by atoms with Gasteiger partial charge in [0.2, 0.25) is 0 Å². The van der Waals surface area contributed by atoms with Crippen LogP contribution in [0.2, 0.25) is 0 Å². The molecule has 5 unspecified atom stereocenters. The van der Waals surface area contributed by atoms with Gasteiger partial charge in [-0.05, 0) is 117 Å². The van der Waals surface area contributed by atoms with E-state index in [2.05, 4.69) is 37.8 Å². The Morgan fingerprint density at radius 3 is 2.50 bits per heavy atom. The van der Waals surface area contributed by atoms with Crippen molar-refractivity contribution in [2.75, 3.05) is 0 Å². The zero-order valence-corrected chi connectivity index (χ0v) is 16.9. The lowest BCUT2D eigenvalue weighted by Crippen LogP contribution is -2.35. The van der Waals surface area contributed by atoms with Crippen LogP contribution in [0.3, 0.4) is 0 Å². The molecule has 5 atom stereocenters. The van der Waals surface area contributed by atoms with E-state index < -0.39 is 0 Å². The van der Waals surface area contributed by atoms with Gasteiger partial charge in [-0.1, -0.05) is 37.6 Å². The highest BCUT2D eigenvalue weighted by molar-refractivity contribution is 5.34. The van der Waals surface area contributed by atoms with Crippen LogP contribution in [0.25, 0.3) is 0 Å². The smallest absolute Gasteiger partial charge is 0.0245 e. The molecule has 3 aliphatic rings. The summed E-state index contributed by atoms with van der Waals surface area (Å²) in [6, 6.07) is 7.33. The van der Waals surface area contributed by atoms with Crippen molar-refractivity contribution >= 4 is 0 Å². The van der Waals surface area contributed by atoms with E-state index in [1.165, 1.54) is 76.2 Å². The Balaban J connectivity index is 1.34. The van der Waals surface area contributed by atoms with Crippen molar-refractivity contribution in [3.05, 3.63) is 47.5 Å². The van der Waals surface area contributed by atoms with Gasteiger partial charge >= 0.3 is 0 Å². The second-order valence-corrected chi connectivity index (χ2v) is 9.60. The zero-order valence-electron chi connectivity index (χ0n) is 16.9. The summed E-state index contributed by atoms with van der Waals surface area (Å²) in [4.78, 5) is 0. The molecule has 0 nitrogen and oxygen atoms in total. The van der Waals surface area contributed by atoms with Gasteiger partial charge in [-0.3, -0.25) is 0 Å². The van der Waals surface area contributed by atoms with E-state index in [9.17, 15) is 0 Å². The summed E-state index contributed by atoms with van der Waals surface area (Å²) in [5.74, 6) is 5.09. The molecule has 0 saturated heterocycles. The third-order valence-corrected chi connectivity index (χ3v) is 8.15. The summed E-state index contributed by atoms with van der Waals surface area (Å²) >= 11 is 0. The molecule has 0 N–H and O–H groups in total. The fourth-order valence-corrected chi connectivity index (χ4v) is 6.53. The number of allylic oxidation sites excluding steroid dienone is 1. The summed E-state index contributed by atoms with van der Waals surface area (Å²) in [5.41, 5.74) is 4.86. The lowest BCUT2D eigenvalue weighted by Gasteiger charge is -2.45. The van der Waals surface area contributed by atoms with E-state index in [4.69, 9.17) is 0 Å². The Bertz CT molecular complexity index is 612. The fraction of sp³-hybridized carbons (Fsp3) is 0.692. The first-order chi connectivity index (χ1) is 12.8. The topological polar surface area (TPSA) is 0 Å². The molecule has 0 aromatic heterocycles. The zero-order chi connectivity index (χ0) is 17.9. The maximum atomic E-state index is 3.91. The number of rotatable bonds is 5. The minimum atomic E-state index is 0.967. The van der Waals surface area contributed by atoms with Crippen molar-refractivity contribution in [3.8, 4) is 0 Å². The van der Waals surface area contributed by atoms with E-state index in [1.807, 2.05) is 0 Å². The van der Waals surface area contributed by atoms with Crippen LogP contribution in [0.15, 0.2) is 30.9 Å². The second-order valence-electron chi connectivity index (χ2n) is 9.60. The van der Waals surface area contributed by atoms with Gasteiger partial charge in [0.1, 0.15) is 0 Å². The minimum absolute atomic E-state index is 0.967. The van der Waals surface area contributed by atoms with Crippen LogP contribution in [0, 0.1) is 29.6 Å². The largest absolute Gasteiger partial charge is 0.103 e. The molecule has 1 aromatic carbocycles. The van der Waals surface area contributed by atoms with Crippen LogP contribution in [-0.2, 0) is 19.3 Å². The monoisotopic (exact) mass is 350 g/mol. The van der Waals surface area contributed by atoms with Gasteiger partial charge in [0, 0.05) is 0 Å². The first kappa shape index (κ1) is 18.3. The maximum absolute atomic E-state index is 3.91. The van der Waals surface area contributed by atoms with Crippen LogP contribution in [-0.4, -0.2) is 0 Å². The molecule has 0 heterocycles. The highest BCUT2D eigenvalue weighted by Crippen LogP contribution is 2.49. The molecular formula is C26H38. The molecule has 0 aliphatic heterocycles. The highest BCUT2D eigenvalue weighted by Gasteiger charge is 2.38. The Labute approximate surface area is 161 Å². The molecule has 0 radical (unpaired) electrons. The molecule has 0 amide bonds. The fourth-order valence-electron chi connectivity index (χ4n) is 6.53. The molecule has 0 bridgehead atoms. The van der Waals surface area contributed by atoms with E-state index in [0.29, 0.717) is 0 Å². The molecule has 142 valence electrons.